The molecule has 0 radical (unpaired) electrons. The lowest BCUT2D eigenvalue weighted by molar-refractivity contribution is 0.414. The Bertz CT molecular complexity index is 436. The van der Waals surface area contributed by atoms with Crippen molar-refractivity contribution in [2.75, 3.05) is 12.8 Å². The highest BCUT2D eigenvalue weighted by Crippen LogP contribution is 2.18. The minimum absolute atomic E-state index is 0.693. The van der Waals surface area contributed by atoms with Crippen molar-refractivity contribution in [3.05, 3.63) is 36.7 Å². The minimum atomic E-state index is 0.693. The number of anilines is 1. The molecule has 0 amide bonds. The summed E-state index contributed by atoms with van der Waals surface area (Å²) in [6.45, 7) is 0. The van der Waals surface area contributed by atoms with Crippen molar-refractivity contribution in [3.63, 3.8) is 0 Å². The third-order valence-corrected chi connectivity index (χ3v) is 1.98. The smallest absolute Gasteiger partial charge is 0.157 e. The molecule has 0 aliphatic rings. The van der Waals surface area contributed by atoms with Gasteiger partial charge in [0.25, 0.3) is 0 Å². The number of para-hydroxylation sites is 2. The quantitative estimate of drug-likeness (QED) is 0.728. The fourth-order valence-electron chi connectivity index (χ4n) is 1.24. The number of aromatic nitrogens is 2. The molecule has 0 saturated heterocycles. The molecule has 2 N–H and O–H groups in total. The van der Waals surface area contributed by atoms with Crippen LogP contribution in [0.15, 0.2) is 36.7 Å². The molecule has 1 heterocycles. The zero-order valence-corrected chi connectivity index (χ0v) is 7.84. The molecule has 2 aromatic rings. The Labute approximate surface area is 81.9 Å². The van der Waals surface area contributed by atoms with Gasteiger partial charge >= 0.3 is 0 Å². The molecule has 14 heavy (non-hydrogen) atoms. The van der Waals surface area contributed by atoms with Gasteiger partial charge in [-0.1, -0.05) is 12.1 Å². The molecule has 0 bridgehead atoms. The van der Waals surface area contributed by atoms with Crippen LogP contribution in [0.4, 0.5) is 5.69 Å². The van der Waals surface area contributed by atoms with Crippen molar-refractivity contribution in [1.82, 2.24) is 9.78 Å². The van der Waals surface area contributed by atoms with E-state index in [-0.39, 0.29) is 0 Å². The van der Waals surface area contributed by atoms with E-state index < -0.39 is 0 Å². The summed E-state index contributed by atoms with van der Waals surface area (Å²) in [6, 6.07) is 7.55. The first-order valence-corrected chi connectivity index (χ1v) is 4.25. The predicted molar refractivity (Wildman–Crippen MR) is 54.5 cm³/mol. The molecule has 0 saturated carbocycles. The summed E-state index contributed by atoms with van der Waals surface area (Å²) in [5.41, 5.74) is 7.35. The molecule has 4 nitrogen and oxygen atoms in total. The highest BCUT2D eigenvalue weighted by atomic mass is 16.5. The number of hydrogen-bond acceptors (Lipinski definition) is 3. The van der Waals surface area contributed by atoms with Crippen molar-refractivity contribution >= 4 is 5.69 Å². The number of nitrogen functional groups attached to an aromatic ring is 1. The van der Waals surface area contributed by atoms with Crippen LogP contribution in [0.5, 0.6) is 5.75 Å². The van der Waals surface area contributed by atoms with Crippen LogP contribution in [-0.2, 0) is 0 Å². The topological polar surface area (TPSA) is 53.1 Å². The Morgan fingerprint density at radius 3 is 2.79 bits per heavy atom. The molecule has 72 valence electrons. The molecule has 1 aromatic heterocycles. The van der Waals surface area contributed by atoms with Gasteiger partial charge in [0.05, 0.1) is 30.9 Å². The summed E-state index contributed by atoms with van der Waals surface area (Å²) in [5.74, 6) is 0.716. The standard InChI is InChI=1S/C10H11N3O/c1-14-8-6-12-13(7-8)10-5-3-2-4-9(10)11/h2-7H,11H2,1H3. The van der Waals surface area contributed by atoms with Crippen LogP contribution >= 0.6 is 0 Å². The molecule has 0 unspecified atom stereocenters. The molecule has 0 spiro atoms. The molecule has 0 aliphatic heterocycles. The monoisotopic (exact) mass is 189 g/mol. The first-order chi connectivity index (χ1) is 6.81. The van der Waals surface area contributed by atoms with E-state index in [1.54, 1.807) is 24.2 Å². The van der Waals surface area contributed by atoms with Gasteiger partial charge in [-0.2, -0.15) is 5.10 Å². The third kappa shape index (κ3) is 1.42. The SMILES string of the molecule is COc1cnn(-c2ccccc2N)c1. The Kier molecular flexibility index (Phi) is 2.10. The van der Waals surface area contributed by atoms with Crippen LogP contribution in [-0.4, -0.2) is 16.9 Å². The Hall–Kier alpha value is -1.97. The lowest BCUT2D eigenvalue weighted by Crippen LogP contribution is -1.99. The van der Waals surface area contributed by atoms with Gasteiger partial charge in [-0.15, -0.1) is 0 Å². The molecule has 0 fully saturated rings. The maximum absolute atomic E-state index is 5.80. The molecule has 4 heteroatoms. The van der Waals surface area contributed by atoms with E-state index in [1.165, 1.54) is 0 Å². The number of nitrogens with two attached hydrogens (primary N) is 1. The number of nitrogens with zero attached hydrogens (tertiary/aromatic N) is 2. The Morgan fingerprint density at radius 1 is 1.36 bits per heavy atom. The highest BCUT2D eigenvalue weighted by Gasteiger charge is 2.02. The summed E-state index contributed by atoms with van der Waals surface area (Å²) < 4.78 is 6.72. The third-order valence-electron chi connectivity index (χ3n) is 1.98. The van der Waals surface area contributed by atoms with Crippen molar-refractivity contribution in [2.24, 2.45) is 0 Å². The van der Waals surface area contributed by atoms with E-state index in [2.05, 4.69) is 5.10 Å². The summed E-state index contributed by atoms with van der Waals surface area (Å²) >= 11 is 0. The van der Waals surface area contributed by atoms with Gasteiger partial charge in [-0.05, 0) is 12.1 Å². The molecular weight excluding hydrogens is 178 g/mol. The number of methoxy groups -OCH3 is 1. The van der Waals surface area contributed by atoms with Crippen molar-refractivity contribution < 1.29 is 4.74 Å². The highest BCUT2D eigenvalue weighted by molar-refractivity contribution is 5.57. The van der Waals surface area contributed by atoms with Crippen LogP contribution in [0.3, 0.4) is 0 Å². The van der Waals surface area contributed by atoms with E-state index in [0.717, 1.165) is 5.69 Å². The zero-order chi connectivity index (χ0) is 9.97. The largest absolute Gasteiger partial charge is 0.493 e. The van der Waals surface area contributed by atoms with Crippen molar-refractivity contribution in [2.45, 2.75) is 0 Å². The van der Waals surface area contributed by atoms with E-state index in [1.807, 2.05) is 24.3 Å². The van der Waals surface area contributed by atoms with Crippen LogP contribution in [0.25, 0.3) is 5.69 Å². The lowest BCUT2D eigenvalue weighted by Gasteiger charge is -2.03. The Balaban J connectivity index is 2.44. The van der Waals surface area contributed by atoms with Gasteiger partial charge in [0, 0.05) is 0 Å². The summed E-state index contributed by atoms with van der Waals surface area (Å²) in [6.07, 6.45) is 3.43. The maximum Gasteiger partial charge on any atom is 0.157 e. The maximum atomic E-state index is 5.80. The van der Waals surface area contributed by atoms with Gasteiger partial charge in [0.1, 0.15) is 0 Å². The molecule has 0 aliphatic carbocycles. The summed E-state index contributed by atoms with van der Waals surface area (Å²) in [4.78, 5) is 0. The average molecular weight is 189 g/mol. The van der Waals surface area contributed by atoms with Gasteiger partial charge in [-0.25, -0.2) is 4.68 Å². The fourth-order valence-corrected chi connectivity index (χ4v) is 1.24. The van der Waals surface area contributed by atoms with E-state index in [4.69, 9.17) is 10.5 Å². The molecule has 0 atom stereocenters. The van der Waals surface area contributed by atoms with Crippen LogP contribution < -0.4 is 10.5 Å². The molecule has 2 rings (SSSR count). The van der Waals surface area contributed by atoms with Gasteiger partial charge in [0.2, 0.25) is 0 Å². The number of rotatable bonds is 2. The Morgan fingerprint density at radius 2 is 2.14 bits per heavy atom. The van der Waals surface area contributed by atoms with Crippen molar-refractivity contribution in [1.29, 1.82) is 0 Å². The second-order valence-corrected chi connectivity index (χ2v) is 2.88. The zero-order valence-electron chi connectivity index (χ0n) is 7.84. The minimum Gasteiger partial charge on any atom is -0.493 e. The van der Waals surface area contributed by atoms with Crippen molar-refractivity contribution in [3.8, 4) is 11.4 Å². The number of benzene rings is 1. The van der Waals surface area contributed by atoms with E-state index >= 15 is 0 Å². The fraction of sp³-hybridized carbons (Fsp3) is 0.100. The van der Waals surface area contributed by atoms with E-state index in [0.29, 0.717) is 11.4 Å². The second kappa shape index (κ2) is 3.41. The lowest BCUT2D eigenvalue weighted by atomic mass is 10.3. The molecule has 1 aromatic carbocycles. The summed E-state index contributed by atoms with van der Waals surface area (Å²) in [7, 11) is 1.61. The normalized spacial score (nSPS) is 10.1. The summed E-state index contributed by atoms with van der Waals surface area (Å²) in [5, 5.41) is 4.13. The van der Waals surface area contributed by atoms with Crippen LogP contribution in [0.2, 0.25) is 0 Å². The first kappa shape index (κ1) is 8.62. The van der Waals surface area contributed by atoms with Crippen LogP contribution in [0, 0.1) is 0 Å². The van der Waals surface area contributed by atoms with Gasteiger partial charge in [-0.3, -0.25) is 0 Å². The van der Waals surface area contributed by atoms with Crippen LogP contribution in [0.1, 0.15) is 0 Å². The number of ether oxygens (including phenoxy) is 1. The van der Waals surface area contributed by atoms with Gasteiger partial charge < -0.3 is 10.5 Å². The first-order valence-electron chi connectivity index (χ1n) is 4.25. The van der Waals surface area contributed by atoms with Gasteiger partial charge in [0.15, 0.2) is 5.75 Å². The molecular formula is C10H11N3O. The average Bonchev–Trinajstić information content (AvgIpc) is 2.67. The number of hydrogen-bond donors (Lipinski definition) is 1. The second-order valence-electron chi connectivity index (χ2n) is 2.88. The predicted octanol–water partition coefficient (Wildman–Crippen LogP) is 1.46. The van der Waals surface area contributed by atoms with E-state index in [9.17, 15) is 0 Å².